The van der Waals surface area contributed by atoms with Crippen molar-refractivity contribution in [3.8, 4) is 0 Å². The lowest BCUT2D eigenvalue weighted by Crippen LogP contribution is -1.93. The molecule has 0 spiro atoms. The van der Waals surface area contributed by atoms with Crippen LogP contribution in [-0.4, -0.2) is 15.0 Å². The molecule has 0 fully saturated rings. The van der Waals surface area contributed by atoms with E-state index in [1.165, 1.54) is 16.9 Å². The number of aromatic nitrogens is 3. The molecule has 2 heterocycles. The highest BCUT2D eigenvalue weighted by Gasteiger charge is 2.14. The summed E-state index contributed by atoms with van der Waals surface area (Å²) in [7, 11) is 0. The highest BCUT2D eigenvalue weighted by atomic mass is 35.5. The van der Waals surface area contributed by atoms with E-state index in [1.54, 1.807) is 11.8 Å². The number of hydrogen-bond acceptors (Lipinski definition) is 6. The van der Waals surface area contributed by atoms with E-state index in [-0.39, 0.29) is 5.25 Å². The molecule has 0 bridgehead atoms. The molecule has 0 aliphatic rings. The first-order valence-electron chi connectivity index (χ1n) is 5.94. The number of nitrogens with two attached hydrogens (primary N) is 1. The first-order valence-corrected chi connectivity index (χ1v) is 8.02. The Bertz CT molecular complexity index is 745. The summed E-state index contributed by atoms with van der Waals surface area (Å²) in [6, 6.07) is 10.2. The fourth-order valence-corrected chi connectivity index (χ4v) is 3.67. The minimum Gasteiger partial charge on any atom is -0.375 e. The van der Waals surface area contributed by atoms with E-state index < -0.39 is 0 Å². The van der Waals surface area contributed by atoms with Crippen LogP contribution >= 0.6 is 34.7 Å². The van der Waals surface area contributed by atoms with Gasteiger partial charge in [0.15, 0.2) is 21.1 Å². The van der Waals surface area contributed by atoms with Crippen molar-refractivity contribution in [2.24, 2.45) is 0 Å². The SMILES string of the molecule is C[C@H](Sc1nc(Cl)c2sc(N)nc2n1)c1ccccc1. The van der Waals surface area contributed by atoms with Crippen LogP contribution in [0, 0.1) is 0 Å². The molecule has 0 aliphatic carbocycles. The number of hydrogen-bond donors (Lipinski definition) is 1. The summed E-state index contributed by atoms with van der Waals surface area (Å²) in [5, 5.41) is 1.71. The van der Waals surface area contributed by atoms with Gasteiger partial charge in [-0.25, -0.2) is 15.0 Å². The van der Waals surface area contributed by atoms with E-state index in [4.69, 9.17) is 17.3 Å². The number of rotatable bonds is 3. The fraction of sp³-hybridized carbons (Fsp3) is 0.154. The van der Waals surface area contributed by atoms with Crippen LogP contribution in [0.4, 0.5) is 5.13 Å². The predicted molar refractivity (Wildman–Crippen MR) is 85.3 cm³/mol. The second kappa shape index (κ2) is 5.55. The molecule has 3 aromatic rings. The standard InChI is InChI=1S/C13H11ClN4S2/c1-7(8-5-3-2-4-6-8)19-13-16-10(14)9-11(18-13)17-12(15)20-9/h2-7H,1H3,(H2,15,16,17,18)/t7-/m0/s1. The topological polar surface area (TPSA) is 64.7 Å². The van der Waals surface area contributed by atoms with Crippen LogP contribution in [0.25, 0.3) is 10.3 Å². The Labute approximate surface area is 129 Å². The van der Waals surface area contributed by atoms with Crippen molar-refractivity contribution in [2.45, 2.75) is 17.3 Å². The van der Waals surface area contributed by atoms with Crippen LogP contribution in [-0.2, 0) is 0 Å². The van der Waals surface area contributed by atoms with Gasteiger partial charge in [-0.1, -0.05) is 65.0 Å². The summed E-state index contributed by atoms with van der Waals surface area (Å²) in [6.07, 6.45) is 0. The van der Waals surface area contributed by atoms with Crippen molar-refractivity contribution in [1.82, 2.24) is 15.0 Å². The Morgan fingerprint density at radius 3 is 2.70 bits per heavy atom. The van der Waals surface area contributed by atoms with Gasteiger partial charge < -0.3 is 5.73 Å². The van der Waals surface area contributed by atoms with E-state index in [0.29, 0.717) is 21.1 Å². The number of nitrogen functional groups attached to an aromatic ring is 1. The lowest BCUT2D eigenvalue weighted by Gasteiger charge is -2.10. The minimum atomic E-state index is 0.237. The zero-order valence-electron chi connectivity index (χ0n) is 10.6. The van der Waals surface area contributed by atoms with Crippen LogP contribution < -0.4 is 5.73 Å². The Kier molecular flexibility index (Phi) is 3.78. The maximum Gasteiger partial charge on any atom is 0.191 e. The molecule has 1 atom stereocenters. The van der Waals surface area contributed by atoms with Gasteiger partial charge in [-0.2, -0.15) is 0 Å². The highest BCUT2D eigenvalue weighted by molar-refractivity contribution is 7.99. The third-order valence-corrected chi connectivity index (χ3v) is 5.04. The summed E-state index contributed by atoms with van der Waals surface area (Å²) >= 11 is 9.01. The summed E-state index contributed by atoms with van der Waals surface area (Å²) in [5.41, 5.74) is 7.46. The van der Waals surface area contributed by atoms with Gasteiger partial charge in [-0.05, 0) is 12.5 Å². The number of halogens is 1. The van der Waals surface area contributed by atoms with Gasteiger partial charge in [0.05, 0.1) is 0 Å². The first kappa shape index (κ1) is 13.6. The molecule has 0 unspecified atom stereocenters. The number of thiazole rings is 1. The maximum absolute atomic E-state index is 6.16. The van der Waals surface area contributed by atoms with E-state index in [1.807, 2.05) is 18.2 Å². The number of fused-ring (bicyclic) bond motifs is 1. The zero-order chi connectivity index (χ0) is 14.1. The summed E-state index contributed by atoms with van der Waals surface area (Å²) in [4.78, 5) is 12.9. The summed E-state index contributed by atoms with van der Waals surface area (Å²) in [6.45, 7) is 2.11. The first-order chi connectivity index (χ1) is 9.63. The molecule has 3 rings (SSSR count). The van der Waals surface area contributed by atoms with Crippen molar-refractivity contribution >= 4 is 50.2 Å². The second-order valence-electron chi connectivity index (χ2n) is 4.17. The Morgan fingerprint density at radius 2 is 1.95 bits per heavy atom. The Morgan fingerprint density at radius 1 is 1.20 bits per heavy atom. The summed E-state index contributed by atoms with van der Waals surface area (Å²) < 4.78 is 0.737. The molecule has 0 radical (unpaired) electrons. The van der Waals surface area contributed by atoms with Gasteiger partial charge in [-0.3, -0.25) is 0 Å². The lowest BCUT2D eigenvalue weighted by atomic mass is 10.2. The van der Waals surface area contributed by atoms with Crippen LogP contribution in [0.2, 0.25) is 5.15 Å². The van der Waals surface area contributed by atoms with E-state index in [2.05, 4.69) is 34.0 Å². The molecule has 0 aliphatic heterocycles. The molecular weight excluding hydrogens is 312 g/mol. The largest absolute Gasteiger partial charge is 0.375 e. The maximum atomic E-state index is 6.16. The van der Waals surface area contributed by atoms with E-state index >= 15 is 0 Å². The van der Waals surface area contributed by atoms with Gasteiger partial charge in [0.2, 0.25) is 0 Å². The molecule has 2 N–H and O–H groups in total. The van der Waals surface area contributed by atoms with Crippen molar-refractivity contribution in [3.05, 3.63) is 41.0 Å². The summed E-state index contributed by atoms with van der Waals surface area (Å²) in [5.74, 6) is 0. The van der Waals surface area contributed by atoms with E-state index in [9.17, 15) is 0 Å². The molecule has 7 heteroatoms. The van der Waals surface area contributed by atoms with Gasteiger partial charge in [-0.15, -0.1) is 0 Å². The average molecular weight is 323 g/mol. The monoisotopic (exact) mass is 322 g/mol. The number of nitrogens with zero attached hydrogens (tertiary/aromatic N) is 3. The molecule has 4 nitrogen and oxygen atoms in total. The van der Waals surface area contributed by atoms with Gasteiger partial charge in [0.25, 0.3) is 0 Å². The van der Waals surface area contributed by atoms with E-state index in [0.717, 1.165) is 4.70 Å². The molecule has 102 valence electrons. The lowest BCUT2D eigenvalue weighted by molar-refractivity contribution is 0.976. The quantitative estimate of drug-likeness (QED) is 0.445. The Hall–Kier alpha value is -1.37. The van der Waals surface area contributed by atoms with Crippen LogP contribution in [0.15, 0.2) is 35.5 Å². The van der Waals surface area contributed by atoms with Gasteiger partial charge >= 0.3 is 0 Å². The van der Waals surface area contributed by atoms with Crippen LogP contribution in [0.3, 0.4) is 0 Å². The van der Waals surface area contributed by atoms with Crippen molar-refractivity contribution in [3.63, 3.8) is 0 Å². The fourth-order valence-electron chi connectivity index (χ4n) is 1.79. The van der Waals surface area contributed by atoms with Crippen molar-refractivity contribution in [2.75, 3.05) is 5.73 Å². The molecule has 0 saturated heterocycles. The van der Waals surface area contributed by atoms with Gasteiger partial charge in [0, 0.05) is 5.25 Å². The van der Waals surface area contributed by atoms with Crippen LogP contribution in [0.5, 0.6) is 0 Å². The average Bonchev–Trinajstić information content (AvgIpc) is 2.81. The number of anilines is 1. The second-order valence-corrected chi connectivity index (χ2v) is 6.87. The molecule has 0 saturated carbocycles. The van der Waals surface area contributed by atoms with Crippen molar-refractivity contribution < 1.29 is 0 Å². The molecule has 2 aromatic heterocycles. The minimum absolute atomic E-state index is 0.237. The van der Waals surface area contributed by atoms with Gasteiger partial charge in [0.1, 0.15) is 4.70 Å². The smallest absolute Gasteiger partial charge is 0.191 e. The number of benzene rings is 1. The molecular formula is C13H11ClN4S2. The highest BCUT2D eigenvalue weighted by Crippen LogP contribution is 2.35. The Balaban J connectivity index is 1.91. The molecule has 20 heavy (non-hydrogen) atoms. The third kappa shape index (κ3) is 2.72. The normalized spacial score (nSPS) is 12.7. The molecule has 1 aromatic carbocycles. The van der Waals surface area contributed by atoms with Crippen molar-refractivity contribution in [1.29, 1.82) is 0 Å². The zero-order valence-corrected chi connectivity index (χ0v) is 13.0. The third-order valence-electron chi connectivity index (χ3n) is 2.76. The number of thioether (sulfide) groups is 1. The predicted octanol–water partition coefficient (Wildman–Crippen LogP) is 4.18. The van der Waals surface area contributed by atoms with Crippen LogP contribution in [0.1, 0.15) is 17.7 Å². The molecule has 0 amide bonds.